The molecule has 0 fully saturated rings. The first-order valence-electron chi connectivity index (χ1n) is 4.21. The van der Waals surface area contributed by atoms with Gasteiger partial charge in [0.1, 0.15) is 6.04 Å². The van der Waals surface area contributed by atoms with Crippen molar-refractivity contribution in [2.24, 2.45) is 17.4 Å². The van der Waals surface area contributed by atoms with Gasteiger partial charge in [0.05, 0.1) is 6.54 Å². The number of carbonyl (C=O) groups is 2. The predicted octanol–water partition coefficient (Wildman–Crippen LogP) is -0.526. The Bertz CT molecular complexity index is 182. The molecule has 0 aromatic carbocycles. The third-order valence-electron chi connectivity index (χ3n) is 1.22. The van der Waals surface area contributed by atoms with E-state index in [1.54, 1.807) is 0 Å². The summed E-state index contributed by atoms with van der Waals surface area (Å²) in [5, 5.41) is 15.9. The van der Waals surface area contributed by atoms with E-state index < -0.39 is 18.0 Å². The standard InChI is InChI=1S/C6H13NO2.C2H5NO2/c1-4(2)3-5(7)6(8)9;3-1-2(4)5/h4-5H,3,7H2,1-2H3,(H,8,9);1,3H2,(H,4,5). The minimum atomic E-state index is -0.968. The minimum absolute atomic E-state index is 0.278. The fourth-order valence-electron chi connectivity index (χ4n) is 0.609. The Morgan fingerprint density at radius 2 is 1.64 bits per heavy atom. The van der Waals surface area contributed by atoms with Crippen LogP contribution in [0.25, 0.3) is 0 Å². The molecule has 0 aliphatic rings. The molecule has 0 spiro atoms. The molecule has 0 amide bonds. The second kappa shape index (κ2) is 8.46. The Kier molecular flexibility index (Phi) is 9.27. The van der Waals surface area contributed by atoms with Crippen molar-refractivity contribution in [3.05, 3.63) is 0 Å². The highest BCUT2D eigenvalue weighted by atomic mass is 16.4. The highest BCUT2D eigenvalue weighted by molar-refractivity contribution is 5.72. The number of rotatable bonds is 4. The first-order valence-corrected chi connectivity index (χ1v) is 4.21. The van der Waals surface area contributed by atoms with E-state index in [4.69, 9.17) is 15.9 Å². The Balaban J connectivity index is 0. The van der Waals surface area contributed by atoms with Crippen molar-refractivity contribution in [1.29, 1.82) is 0 Å². The molecule has 6 nitrogen and oxygen atoms in total. The third-order valence-corrected chi connectivity index (χ3v) is 1.22. The summed E-state index contributed by atoms with van der Waals surface area (Å²) in [6, 6.07) is -0.690. The fraction of sp³-hybridized carbons (Fsp3) is 0.750. The summed E-state index contributed by atoms with van der Waals surface area (Å²) in [5.74, 6) is -1.52. The third kappa shape index (κ3) is 13.4. The van der Waals surface area contributed by atoms with E-state index in [1.807, 2.05) is 13.8 Å². The van der Waals surface area contributed by atoms with Gasteiger partial charge in [0.25, 0.3) is 0 Å². The molecule has 0 saturated heterocycles. The van der Waals surface area contributed by atoms with E-state index in [-0.39, 0.29) is 6.54 Å². The average Bonchev–Trinajstić information content (AvgIpc) is 2.04. The van der Waals surface area contributed by atoms with Crippen LogP contribution in [0.15, 0.2) is 0 Å². The summed E-state index contributed by atoms with van der Waals surface area (Å²) in [7, 11) is 0. The van der Waals surface area contributed by atoms with E-state index >= 15 is 0 Å². The van der Waals surface area contributed by atoms with Crippen molar-refractivity contribution in [2.75, 3.05) is 6.54 Å². The molecular weight excluding hydrogens is 188 g/mol. The second-order valence-electron chi connectivity index (χ2n) is 3.17. The molecule has 14 heavy (non-hydrogen) atoms. The zero-order valence-corrected chi connectivity index (χ0v) is 8.43. The molecule has 0 radical (unpaired) electrons. The van der Waals surface area contributed by atoms with Crippen LogP contribution in [0, 0.1) is 5.92 Å². The molecule has 0 aromatic rings. The summed E-state index contributed by atoms with van der Waals surface area (Å²) >= 11 is 0. The molecule has 6 N–H and O–H groups in total. The van der Waals surface area contributed by atoms with Gasteiger partial charge < -0.3 is 21.7 Å². The highest BCUT2D eigenvalue weighted by Crippen LogP contribution is 2.01. The van der Waals surface area contributed by atoms with Gasteiger partial charge in [-0.1, -0.05) is 13.8 Å². The molecule has 84 valence electrons. The molecule has 0 rings (SSSR count). The van der Waals surface area contributed by atoms with Crippen molar-refractivity contribution in [1.82, 2.24) is 0 Å². The Morgan fingerprint density at radius 1 is 1.29 bits per heavy atom. The molecule has 0 aliphatic carbocycles. The van der Waals surface area contributed by atoms with Gasteiger partial charge in [-0.2, -0.15) is 0 Å². The van der Waals surface area contributed by atoms with Gasteiger partial charge in [0.15, 0.2) is 0 Å². The maximum atomic E-state index is 10.1. The Morgan fingerprint density at radius 3 is 1.71 bits per heavy atom. The summed E-state index contributed by atoms with van der Waals surface area (Å²) in [4.78, 5) is 19.4. The van der Waals surface area contributed by atoms with Gasteiger partial charge in [-0.15, -0.1) is 0 Å². The van der Waals surface area contributed by atoms with E-state index in [0.29, 0.717) is 12.3 Å². The Labute approximate surface area is 82.9 Å². The Hall–Kier alpha value is -1.14. The molecule has 0 bridgehead atoms. The van der Waals surface area contributed by atoms with Crippen LogP contribution in [0.5, 0.6) is 0 Å². The SMILES string of the molecule is CC(C)CC(N)C(=O)O.NCC(=O)O. The number of carboxylic acid groups (broad SMARTS) is 2. The van der Waals surface area contributed by atoms with Crippen molar-refractivity contribution in [3.8, 4) is 0 Å². The molecule has 1 atom stereocenters. The molecule has 1 unspecified atom stereocenters. The van der Waals surface area contributed by atoms with E-state index in [2.05, 4.69) is 5.73 Å². The van der Waals surface area contributed by atoms with Crippen molar-refractivity contribution < 1.29 is 19.8 Å². The molecule has 0 saturated carbocycles. The van der Waals surface area contributed by atoms with Gasteiger partial charge in [-0.3, -0.25) is 9.59 Å². The predicted molar refractivity (Wildman–Crippen MR) is 51.8 cm³/mol. The fourth-order valence-corrected chi connectivity index (χ4v) is 0.609. The van der Waals surface area contributed by atoms with Crippen molar-refractivity contribution in [3.63, 3.8) is 0 Å². The summed E-state index contributed by atoms with van der Waals surface area (Å²) < 4.78 is 0. The maximum absolute atomic E-state index is 10.1. The molecule has 6 heteroatoms. The van der Waals surface area contributed by atoms with Crippen molar-refractivity contribution in [2.45, 2.75) is 26.3 Å². The maximum Gasteiger partial charge on any atom is 0.320 e. The smallest absolute Gasteiger partial charge is 0.320 e. The normalized spacial score (nSPS) is 11.5. The lowest BCUT2D eigenvalue weighted by molar-refractivity contribution is -0.139. The molecule has 0 aliphatic heterocycles. The van der Waals surface area contributed by atoms with E-state index in [1.165, 1.54) is 0 Å². The molecule has 0 heterocycles. The number of carboxylic acids is 2. The molecule has 0 aromatic heterocycles. The largest absolute Gasteiger partial charge is 0.480 e. The summed E-state index contributed by atoms with van der Waals surface area (Å²) in [6.07, 6.45) is 0.551. The number of hydrogen-bond acceptors (Lipinski definition) is 4. The number of aliphatic carboxylic acids is 2. The van der Waals surface area contributed by atoms with Crippen LogP contribution in [0.1, 0.15) is 20.3 Å². The van der Waals surface area contributed by atoms with E-state index in [9.17, 15) is 9.59 Å². The molecular formula is C8H18N2O4. The van der Waals surface area contributed by atoms with Crippen LogP contribution in [0.3, 0.4) is 0 Å². The van der Waals surface area contributed by atoms with Crippen LogP contribution < -0.4 is 11.5 Å². The zero-order valence-electron chi connectivity index (χ0n) is 8.43. The minimum Gasteiger partial charge on any atom is -0.480 e. The van der Waals surface area contributed by atoms with Crippen LogP contribution in [-0.4, -0.2) is 34.7 Å². The van der Waals surface area contributed by atoms with Gasteiger partial charge >= 0.3 is 11.9 Å². The highest BCUT2D eigenvalue weighted by Gasteiger charge is 2.11. The first-order chi connectivity index (χ1) is 6.31. The first kappa shape index (κ1) is 15.3. The number of hydrogen-bond donors (Lipinski definition) is 4. The van der Waals surface area contributed by atoms with Crippen LogP contribution >= 0.6 is 0 Å². The van der Waals surface area contributed by atoms with Gasteiger partial charge in [0, 0.05) is 0 Å². The average molecular weight is 206 g/mol. The lowest BCUT2D eigenvalue weighted by Crippen LogP contribution is -2.31. The summed E-state index contributed by atoms with van der Waals surface area (Å²) in [5.41, 5.74) is 9.79. The zero-order chi connectivity index (χ0) is 11.7. The summed E-state index contributed by atoms with van der Waals surface area (Å²) in [6.45, 7) is 3.62. The van der Waals surface area contributed by atoms with Crippen LogP contribution in [0.2, 0.25) is 0 Å². The lowest BCUT2D eigenvalue weighted by Gasteiger charge is -2.07. The number of nitrogens with two attached hydrogens (primary N) is 2. The van der Waals surface area contributed by atoms with Gasteiger partial charge in [0.2, 0.25) is 0 Å². The van der Waals surface area contributed by atoms with Crippen LogP contribution in [0.4, 0.5) is 0 Å². The van der Waals surface area contributed by atoms with Gasteiger partial charge in [-0.05, 0) is 12.3 Å². The topological polar surface area (TPSA) is 127 Å². The monoisotopic (exact) mass is 206 g/mol. The lowest BCUT2D eigenvalue weighted by atomic mass is 10.1. The van der Waals surface area contributed by atoms with E-state index in [0.717, 1.165) is 0 Å². The second-order valence-corrected chi connectivity index (χ2v) is 3.17. The van der Waals surface area contributed by atoms with Crippen LogP contribution in [-0.2, 0) is 9.59 Å². The quantitative estimate of drug-likeness (QED) is 0.490. The van der Waals surface area contributed by atoms with Crippen molar-refractivity contribution >= 4 is 11.9 Å². The van der Waals surface area contributed by atoms with Gasteiger partial charge in [-0.25, -0.2) is 0 Å².